The Hall–Kier alpha value is -0.870. The average Bonchev–Trinajstić information content (AvgIpc) is 2.52. The number of hydrogen-bond donors (Lipinski definition) is 0. The Balaban J connectivity index is 2.45. The van der Waals surface area contributed by atoms with Gasteiger partial charge >= 0.3 is 0 Å². The molecule has 1 aliphatic rings. The van der Waals surface area contributed by atoms with Crippen LogP contribution in [-0.4, -0.2) is 9.32 Å². The fourth-order valence-electron chi connectivity index (χ4n) is 1.57. The van der Waals surface area contributed by atoms with Gasteiger partial charge in [-0.15, -0.1) is 0 Å². The van der Waals surface area contributed by atoms with Crippen molar-refractivity contribution in [2.45, 2.75) is 25.2 Å². The predicted octanol–water partition coefficient (Wildman–Crippen LogP) is 3.10. The lowest BCUT2D eigenvalue weighted by molar-refractivity contribution is 0.108. The van der Waals surface area contributed by atoms with Crippen LogP contribution in [0.25, 0.3) is 0 Å². The molecular formula is C12H12O2S2. The lowest BCUT2D eigenvalue weighted by atomic mass is 10.1. The van der Waals surface area contributed by atoms with Crippen LogP contribution in [-0.2, 0) is 16.3 Å². The molecule has 1 atom stereocenters. The molecule has 16 heavy (non-hydrogen) atoms. The van der Waals surface area contributed by atoms with Gasteiger partial charge < -0.3 is 0 Å². The molecule has 1 aromatic rings. The maximum Gasteiger partial charge on any atom is 0.233 e. The second-order valence-corrected chi connectivity index (χ2v) is 6.71. The molecule has 2 rings (SSSR count). The summed E-state index contributed by atoms with van der Waals surface area (Å²) >= 11 is 0. The van der Waals surface area contributed by atoms with Crippen molar-refractivity contribution in [3.63, 3.8) is 0 Å². The molecule has 1 heterocycles. The van der Waals surface area contributed by atoms with Crippen LogP contribution in [0.5, 0.6) is 0 Å². The number of carbonyl (C=O) groups excluding carboxylic acids is 1. The average molecular weight is 252 g/mol. The van der Waals surface area contributed by atoms with E-state index in [-0.39, 0.29) is 5.12 Å². The molecule has 0 spiro atoms. The van der Waals surface area contributed by atoms with Gasteiger partial charge in [0.2, 0.25) is 5.12 Å². The zero-order valence-corrected chi connectivity index (χ0v) is 10.8. The molecular weight excluding hydrogens is 240 g/mol. The Morgan fingerprint density at radius 3 is 2.88 bits per heavy atom. The molecule has 0 bridgehead atoms. The van der Waals surface area contributed by atoms with E-state index < -0.39 is 9.83 Å². The topological polar surface area (TPSA) is 34.1 Å². The summed E-state index contributed by atoms with van der Waals surface area (Å²) in [6.45, 7) is 4.06. The fourth-order valence-corrected chi connectivity index (χ4v) is 4.35. The van der Waals surface area contributed by atoms with Gasteiger partial charge in [-0.25, -0.2) is 4.21 Å². The lowest BCUT2D eigenvalue weighted by Crippen LogP contribution is -1.94. The molecule has 0 aliphatic carbocycles. The third-order valence-electron chi connectivity index (χ3n) is 2.36. The van der Waals surface area contributed by atoms with Crippen LogP contribution in [0.4, 0.5) is 0 Å². The summed E-state index contributed by atoms with van der Waals surface area (Å²) in [6, 6.07) is 5.55. The zero-order chi connectivity index (χ0) is 11.7. The van der Waals surface area contributed by atoms with Crippen molar-refractivity contribution in [1.29, 1.82) is 0 Å². The maximum atomic E-state index is 11.8. The van der Waals surface area contributed by atoms with E-state index in [9.17, 15) is 9.00 Å². The van der Waals surface area contributed by atoms with Gasteiger partial charge in [0.05, 0.1) is 4.90 Å². The molecule has 0 saturated heterocycles. The Morgan fingerprint density at radius 1 is 1.44 bits per heavy atom. The van der Waals surface area contributed by atoms with Gasteiger partial charge in [0.1, 0.15) is 9.83 Å². The van der Waals surface area contributed by atoms with Gasteiger partial charge in [0.25, 0.3) is 0 Å². The van der Waals surface area contributed by atoms with Crippen LogP contribution in [0.3, 0.4) is 0 Å². The van der Waals surface area contributed by atoms with Crippen LogP contribution in [0.1, 0.15) is 29.8 Å². The Bertz CT molecular complexity index is 500. The minimum Gasteiger partial charge on any atom is -0.280 e. The molecule has 0 radical (unpaired) electrons. The largest absolute Gasteiger partial charge is 0.280 e. The number of benzene rings is 1. The molecule has 1 aliphatic heterocycles. The second kappa shape index (κ2) is 4.55. The predicted molar refractivity (Wildman–Crippen MR) is 67.9 cm³/mol. The van der Waals surface area contributed by atoms with E-state index in [2.05, 4.69) is 6.08 Å². The smallest absolute Gasteiger partial charge is 0.233 e. The van der Waals surface area contributed by atoms with E-state index in [1.54, 1.807) is 6.07 Å². The number of rotatable bonds is 2. The van der Waals surface area contributed by atoms with Crippen molar-refractivity contribution in [1.82, 2.24) is 0 Å². The molecule has 84 valence electrons. The summed E-state index contributed by atoms with van der Waals surface area (Å²) in [7, 11) is -0.306. The summed E-state index contributed by atoms with van der Waals surface area (Å²) in [4.78, 5) is 12.2. The minimum absolute atomic E-state index is 0.0765. The first-order valence-electron chi connectivity index (χ1n) is 4.99. The maximum absolute atomic E-state index is 11.8. The Morgan fingerprint density at radius 2 is 2.19 bits per heavy atom. The Kier molecular flexibility index (Phi) is 3.30. The number of fused-ring (bicyclic) bond motifs is 1. The van der Waals surface area contributed by atoms with Gasteiger partial charge in [0, 0.05) is 16.4 Å². The van der Waals surface area contributed by atoms with Gasteiger partial charge in [0.15, 0.2) is 0 Å². The monoisotopic (exact) mass is 252 g/mol. The third kappa shape index (κ3) is 2.13. The first-order valence-corrected chi connectivity index (χ1v) is 7.47. The highest BCUT2D eigenvalue weighted by Crippen LogP contribution is 2.36. The molecule has 0 saturated carbocycles. The molecule has 0 N–H and O–H groups in total. The standard InChI is InChI=1S/C12H12O2S2/c1-8(2)6-7-9-4-3-5-10-11(9)16(14)15-12(10)13/h3-6H,7H2,1-2H3. The summed E-state index contributed by atoms with van der Waals surface area (Å²) in [6.07, 6.45) is 2.82. The van der Waals surface area contributed by atoms with Gasteiger partial charge in [-0.1, -0.05) is 23.8 Å². The summed E-state index contributed by atoms with van der Waals surface area (Å²) in [5.74, 6) is 0. The van der Waals surface area contributed by atoms with Crippen molar-refractivity contribution < 1.29 is 9.00 Å². The first kappa shape index (κ1) is 11.6. The summed E-state index contributed by atoms with van der Waals surface area (Å²) in [5, 5.41) is -0.0765. The third-order valence-corrected chi connectivity index (χ3v) is 5.11. The molecule has 4 heteroatoms. The zero-order valence-electron chi connectivity index (χ0n) is 9.15. The second-order valence-electron chi connectivity index (χ2n) is 3.88. The fraction of sp³-hybridized carbons (Fsp3) is 0.250. The van der Waals surface area contributed by atoms with E-state index in [4.69, 9.17) is 0 Å². The van der Waals surface area contributed by atoms with E-state index in [0.29, 0.717) is 5.56 Å². The highest BCUT2D eigenvalue weighted by atomic mass is 33.1. The van der Waals surface area contributed by atoms with Crippen LogP contribution in [0.15, 0.2) is 34.7 Å². The summed E-state index contributed by atoms with van der Waals surface area (Å²) < 4.78 is 11.8. The molecule has 0 amide bonds. The molecule has 2 nitrogen and oxygen atoms in total. The Labute approximate surface area is 101 Å². The van der Waals surface area contributed by atoms with Crippen LogP contribution in [0.2, 0.25) is 0 Å². The molecule has 0 aromatic heterocycles. The molecule has 1 aromatic carbocycles. The van der Waals surface area contributed by atoms with E-state index in [0.717, 1.165) is 27.7 Å². The SMILES string of the molecule is CC(C)=CCc1cccc2c1S(=O)SC2=O. The van der Waals surface area contributed by atoms with E-state index in [1.807, 2.05) is 26.0 Å². The van der Waals surface area contributed by atoms with Crippen LogP contribution < -0.4 is 0 Å². The minimum atomic E-state index is -1.22. The van der Waals surface area contributed by atoms with Crippen molar-refractivity contribution in [3.8, 4) is 0 Å². The van der Waals surface area contributed by atoms with Gasteiger partial charge in [-0.2, -0.15) is 0 Å². The number of allylic oxidation sites excluding steroid dienone is 2. The van der Waals surface area contributed by atoms with Crippen molar-refractivity contribution >= 4 is 25.7 Å². The highest BCUT2D eigenvalue weighted by Gasteiger charge is 2.29. The normalized spacial score (nSPS) is 18.4. The molecule has 1 unspecified atom stereocenters. The lowest BCUT2D eigenvalue weighted by Gasteiger charge is -2.03. The van der Waals surface area contributed by atoms with E-state index >= 15 is 0 Å². The quantitative estimate of drug-likeness (QED) is 0.599. The van der Waals surface area contributed by atoms with Crippen molar-refractivity contribution in [2.75, 3.05) is 0 Å². The van der Waals surface area contributed by atoms with Crippen molar-refractivity contribution in [3.05, 3.63) is 41.0 Å². The van der Waals surface area contributed by atoms with E-state index in [1.165, 1.54) is 5.57 Å². The number of carbonyl (C=O) groups is 1. The molecule has 0 fully saturated rings. The van der Waals surface area contributed by atoms with Gasteiger partial charge in [-0.3, -0.25) is 4.79 Å². The summed E-state index contributed by atoms with van der Waals surface area (Å²) in [5.41, 5.74) is 2.83. The highest BCUT2D eigenvalue weighted by molar-refractivity contribution is 8.76. The van der Waals surface area contributed by atoms with Crippen LogP contribution in [0, 0.1) is 0 Å². The van der Waals surface area contributed by atoms with Crippen molar-refractivity contribution in [2.24, 2.45) is 0 Å². The van der Waals surface area contributed by atoms with Gasteiger partial charge in [-0.05, 0) is 31.9 Å². The van der Waals surface area contributed by atoms with Crippen LogP contribution >= 0.6 is 10.8 Å². The first-order chi connectivity index (χ1) is 7.59. The number of hydrogen-bond acceptors (Lipinski definition) is 3.